The van der Waals surface area contributed by atoms with Crippen LogP contribution in [0.3, 0.4) is 0 Å². The topological polar surface area (TPSA) is 55.2 Å². The molecule has 3 rings (SSSR count). The minimum Gasteiger partial charge on any atom is -0.337 e. The molecule has 0 aliphatic rings. The van der Waals surface area contributed by atoms with E-state index in [2.05, 4.69) is 0 Å². The number of aromatic nitrogens is 2. The maximum Gasteiger partial charge on any atom is 0.266 e. The molecule has 1 heterocycles. The van der Waals surface area contributed by atoms with Gasteiger partial charge >= 0.3 is 0 Å². The zero-order valence-electron chi connectivity index (χ0n) is 18.4. The molecule has 1 unspecified atom stereocenters. The number of hydrogen-bond acceptors (Lipinski definition) is 4. The second-order valence-electron chi connectivity index (χ2n) is 8.03. The van der Waals surface area contributed by atoms with Gasteiger partial charge < -0.3 is 4.90 Å². The van der Waals surface area contributed by atoms with E-state index in [0.717, 1.165) is 11.3 Å². The van der Waals surface area contributed by atoms with Crippen molar-refractivity contribution in [1.82, 2.24) is 14.5 Å². The molecule has 1 amide bonds. The number of hydrogen-bond donors (Lipinski definition) is 0. The zero-order valence-corrected chi connectivity index (χ0v) is 19.2. The van der Waals surface area contributed by atoms with Crippen LogP contribution in [0.2, 0.25) is 0 Å². The van der Waals surface area contributed by atoms with E-state index in [1.54, 1.807) is 10.6 Å². The van der Waals surface area contributed by atoms with E-state index in [4.69, 9.17) is 4.98 Å². The molecule has 3 aromatic rings. The van der Waals surface area contributed by atoms with Crippen LogP contribution in [0.25, 0.3) is 16.6 Å². The lowest BCUT2D eigenvalue weighted by molar-refractivity contribution is -0.133. The fourth-order valence-electron chi connectivity index (χ4n) is 3.74. The molecule has 0 fully saturated rings. The van der Waals surface area contributed by atoms with Crippen LogP contribution in [0.15, 0.2) is 58.5 Å². The number of amides is 1. The van der Waals surface area contributed by atoms with Crippen molar-refractivity contribution >= 4 is 28.6 Å². The van der Waals surface area contributed by atoms with Gasteiger partial charge in [-0.05, 0) is 65.3 Å². The van der Waals surface area contributed by atoms with Gasteiger partial charge in [-0.3, -0.25) is 14.2 Å². The summed E-state index contributed by atoms with van der Waals surface area (Å²) in [5.74, 6) is 0.0451. The molecule has 1 atom stereocenters. The smallest absolute Gasteiger partial charge is 0.266 e. The van der Waals surface area contributed by atoms with E-state index in [1.165, 1.54) is 11.8 Å². The summed E-state index contributed by atoms with van der Waals surface area (Å²) in [5.41, 5.74) is 2.27. The van der Waals surface area contributed by atoms with Gasteiger partial charge in [0, 0.05) is 12.1 Å². The van der Waals surface area contributed by atoms with Gasteiger partial charge in [-0.2, -0.15) is 0 Å². The molecule has 0 spiro atoms. The predicted molar refractivity (Wildman–Crippen MR) is 125 cm³/mol. The normalized spacial score (nSPS) is 12.5. The number of para-hydroxylation sites is 2. The molecule has 0 aliphatic heterocycles. The van der Waals surface area contributed by atoms with Gasteiger partial charge in [0.15, 0.2) is 5.16 Å². The van der Waals surface area contributed by atoms with E-state index < -0.39 is 0 Å². The molecule has 0 bridgehead atoms. The summed E-state index contributed by atoms with van der Waals surface area (Å²) in [5, 5.41) is 0.717. The van der Waals surface area contributed by atoms with Gasteiger partial charge in [-0.25, -0.2) is 4.98 Å². The summed E-state index contributed by atoms with van der Waals surface area (Å²) < 4.78 is 1.64. The SMILES string of the molecule is Cc1ccccc1-n1c(SC(C)C(=O)N(C(C)C)C(C)C)nc2ccccc2c1=O. The van der Waals surface area contributed by atoms with Crippen molar-refractivity contribution in [2.75, 3.05) is 0 Å². The summed E-state index contributed by atoms with van der Waals surface area (Å²) in [6, 6.07) is 15.3. The minimum absolute atomic E-state index is 0.0451. The fraction of sp³-hybridized carbons (Fsp3) is 0.375. The molecular formula is C24H29N3O2S. The first kappa shape index (κ1) is 22.1. The van der Waals surface area contributed by atoms with Crippen LogP contribution in [0.5, 0.6) is 0 Å². The third kappa shape index (κ3) is 4.29. The largest absolute Gasteiger partial charge is 0.337 e. The first-order valence-electron chi connectivity index (χ1n) is 10.3. The summed E-state index contributed by atoms with van der Waals surface area (Å²) in [6.07, 6.45) is 0. The number of carbonyl (C=O) groups excluding carboxylic acids is 1. The Morgan fingerprint density at radius 1 is 0.967 bits per heavy atom. The highest BCUT2D eigenvalue weighted by Crippen LogP contribution is 2.28. The lowest BCUT2D eigenvalue weighted by Crippen LogP contribution is -2.45. The first-order chi connectivity index (χ1) is 14.2. The van der Waals surface area contributed by atoms with E-state index in [0.29, 0.717) is 16.1 Å². The molecule has 30 heavy (non-hydrogen) atoms. The molecular weight excluding hydrogens is 394 g/mol. The molecule has 2 aromatic carbocycles. The molecule has 6 heteroatoms. The molecule has 0 N–H and O–H groups in total. The molecule has 1 aromatic heterocycles. The van der Waals surface area contributed by atoms with Crippen molar-refractivity contribution in [3.05, 3.63) is 64.4 Å². The third-order valence-electron chi connectivity index (χ3n) is 5.10. The standard InChI is InChI=1S/C24H29N3O2S/c1-15(2)26(16(3)4)22(28)18(6)30-24-25-20-13-9-8-12-19(20)23(29)27(24)21-14-10-7-11-17(21)5/h7-16,18H,1-6H3. The van der Waals surface area contributed by atoms with Crippen LogP contribution in [-0.2, 0) is 4.79 Å². The second-order valence-corrected chi connectivity index (χ2v) is 9.34. The maximum atomic E-state index is 13.4. The molecule has 158 valence electrons. The Kier molecular flexibility index (Phi) is 6.66. The van der Waals surface area contributed by atoms with Gasteiger partial charge in [-0.1, -0.05) is 42.1 Å². The number of nitrogens with zero attached hydrogens (tertiary/aromatic N) is 3. The van der Waals surface area contributed by atoms with Crippen molar-refractivity contribution in [2.24, 2.45) is 0 Å². The number of benzene rings is 2. The van der Waals surface area contributed by atoms with Crippen LogP contribution in [-0.4, -0.2) is 37.7 Å². The highest BCUT2D eigenvalue weighted by atomic mass is 32.2. The number of carbonyl (C=O) groups is 1. The minimum atomic E-state index is -0.377. The molecule has 0 aliphatic carbocycles. The van der Waals surface area contributed by atoms with Crippen LogP contribution in [0, 0.1) is 6.92 Å². The average molecular weight is 424 g/mol. The molecule has 0 saturated heterocycles. The van der Waals surface area contributed by atoms with Gasteiger partial charge in [-0.15, -0.1) is 0 Å². The fourth-order valence-corrected chi connectivity index (χ4v) is 4.72. The summed E-state index contributed by atoms with van der Waals surface area (Å²) in [4.78, 5) is 33.3. The Morgan fingerprint density at radius 3 is 2.20 bits per heavy atom. The second kappa shape index (κ2) is 9.04. The van der Waals surface area contributed by atoms with Crippen molar-refractivity contribution < 1.29 is 4.79 Å². The van der Waals surface area contributed by atoms with Crippen molar-refractivity contribution in [3.63, 3.8) is 0 Å². The number of aryl methyl sites for hydroxylation is 1. The van der Waals surface area contributed by atoms with E-state index in [9.17, 15) is 9.59 Å². The number of thioether (sulfide) groups is 1. The van der Waals surface area contributed by atoms with E-state index in [-0.39, 0.29) is 28.8 Å². The summed E-state index contributed by atoms with van der Waals surface area (Å²) in [7, 11) is 0. The van der Waals surface area contributed by atoms with Crippen LogP contribution >= 0.6 is 11.8 Å². The van der Waals surface area contributed by atoms with Crippen molar-refractivity contribution in [2.45, 2.75) is 64.0 Å². The highest BCUT2D eigenvalue weighted by molar-refractivity contribution is 8.00. The van der Waals surface area contributed by atoms with Gasteiger partial charge in [0.2, 0.25) is 5.91 Å². The average Bonchev–Trinajstić information content (AvgIpc) is 2.68. The third-order valence-corrected chi connectivity index (χ3v) is 6.14. The highest BCUT2D eigenvalue weighted by Gasteiger charge is 2.27. The Hall–Kier alpha value is -2.60. The van der Waals surface area contributed by atoms with Crippen LogP contribution in [0.1, 0.15) is 40.2 Å². The van der Waals surface area contributed by atoms with Gasteiger partial charge in [0.1, 0.15) is 0 Å². The van der Waals surface area contributed by atoms with Crippen molar-refractivity contribution in [3.8, 4) is 5.69 Å². The Morgan fingerprint density at radius 2 is 1.57 bits per heavy atom. The van der Waals surface area contributed by atoms with Crippen LogP contribution < -0.4 is 5.56 Å². The Balaban J connectivity index is 2.13. The lowest BCUT2D eigenvalue weighted by Gasteiger charge is -2.33. The van der Waals surface area contributed by atoms with Gasteiger partial charge in [0.05, 0.1) is 21.8 Å². The Labute approximate surface area is 182 Å². The number of fused-ring (bicyclic) bond motifs is 1. The molecule has 0 saturated carbocycles. The van der Waals surface area contributed by atoms with Gasteiger partial charge in [0.25, 0.3) is 5.56 Å². The molecule has 5 nitrogen and oxygen atoms in total. The lowest BCUT2D eigenvalue weighted by atomic mass is 10.2. The Bertz CT molecular complexity index is 1110. The summed E-state index contributed by atoms with van der Waals surface area (Å²) >= 11 is 1.33. The molecule has 0 radical (unpaired) electrons. The van der Waals surface area contributed by atoms with E-state index in [1.807, 2.05) is 88.9 Å². The van der Waals surface area contributed by atoms with Crippen molar-refractivity contribution in [1.29, 1.82) is 0 Å². The zero-order chi connectivity index (χ0) is 22.0. The summed E-state index contributed by atoms with van der Waals surface area (Å²) in [6.45, 7) is 11.9. The maximum absolute atomic E-state index is 13.4. The van der Waals surface area contributed by atoms with E-state index >= 15 is 0 Å². The van der Waals surface area contributed by atoms with Crippen LogP contribution in [0.4, 0.5) is 0 Å². The monoisotopic (exact) mass is 423 g/mol. The predicted octanol–water partition coefficient (Wildman–Crippen LogP) is 4.82. The quantitative estimate of drug-likeness (QED) is 0.421. The number of rotatable bonds is 6. The first-order valence-corrected chi connectivity index (χ1v) is 11.2.